The largest absolute Gasteiger partial charge is 0 e. The molecule has 1 radical (unpaired) electrons. The van der Waals surface area contributed by atoms with Crippen molar-refractivity contribution in [2.24, 2.45) is 0 Å². The minimum absolute atomic E-state index is 0. The third-order valence-electron chi connectivity index (χ3n) is 0.203. The molecule has 16 heavy (non-hydrogen) atoms. The van der Waals surface area contributed by atoms with Gasteiger partial charge in [-0.2, -0.15) is 0 Å². The van der Waals surface area contributed by atoms with Crippen molar-refractivity contribution in [3.8, 4) is 0 Å². The van der Waals surface area contributed by atoms with E-state index in [0.717, 1.165) is 0 Å². The Morgan fingerprint density at radius 3 is 1.06 bits per heavy atom. The smallest absolute Gasteiger partial charge is 0 e. The van der Waals surface area contributed by atoms with Gasteiger partial charge in [-0.05, 0) is 6.92 Å². The Kier molecular flexibility index (Phi) is 2250. The first-order valence-electron chi connectivity index (χ1n) is 2.42. The molecule has 0 amide bonds. The van der Waals surface area contributed by atoms with Gasteiger partial charge in [0, 0.05) is 23.7 Å². The van der Waals surface area contributed by atoms with Crippen LogP contribution in [0.5, 0.6) is 0 Å². The van der Waals surface area contributed by atoms with Crippen LogP contribution in [0.1, 0.15) is 6.92 Å². The average molecular weight is 268 g/mol. The number of hydrogen-bond donors (Lipinski definition) is 0. The van der Waals surface area contributed by atoms with Gasteiger partial charge >= 0.3 is 56.5 Å². The molecule has 0 aliphatic rings. The maximum absolute atomic E-state index is 9.06. The van der Waals surface area contributed by atoms with Crippen molar-refractivity contribution in [1.82, 2.24) is 0 Å². The number of carbonyl (C=O) groups excluding carboxylic acids is 1. The van der Waals surface area contributed by atoms with E-state index in [-0.39, 0.29) is 17.1 Å². The predicted molar refractivity (Wildman–Crippen MR) is 37.0 cm³/mol. The standard InChI is InChI=1S/C3H5O2.5CO.Mn/c1-2-5-3-4;5*1-2;/h2H2,1H3;;;;;;/q-1;;;;;;. The van der Waals surface area contributed by atoms with E-state index < -0.39 is 0 Å². The van der Waals surface area contributed by atoms with Crippen molar-refractivity contribution in [3.05, 3.63) is 33.3 Å². The Labute approximate surface area is 104 Å². The zero-order chi connectivity index (χ0) is 14.1. The first kappa shape index (κ1) is 46.6. The molecule has 0 aliphatic carbocycles. The van der Waals surface area contributed by atoms with E-state index in [9.17, 15) is 0 Å². The first-order valence-corrected chi connectivity index (χ1v) is 2.42. The molecule has 0 fully saturated rings. The first-order chi connectivity index (χ1) is 7.41. The summed E-state index contributed by atoms with van der Waals surface area (Å²) in [5.74, 6) is 0. The van der Waals surface area contributed by atoms with Crippen LogP contribution in [0.25, 0.3) is 0 Å². The molecular weight excluding hydrogens is 263 g/mol. The molecule has 0 aromatic rings. The Morgan fingerprint density at radius 1 is 0.875 bits per heavy atom. The van der Waals surface area contributed by atoms with Crippen LogP contribution in [0.15, 0.2) is 0 Å². The van der Waals surface area contributed by atoms with E-state index in [4.69, 9.17) is 28.1 Å². The second kappa shape index (κ2) is 772. The summed E-state index contributed by atoms with van der Waals surface area (Å²) in [5, 5.41) is 0. The molecule has 0 N–H and O–H groups in total. The predicted octanol–water partition coefficient (Wildman–Crippen LogP) is -0.1000. The Balaban J connectivity index is -0.0000000130. The van der Waals surface area contributed by atoms with E-state index >= 15 is 0 Å². The molecule has 0 unspecified atom stereocenters. The van der Waals surface area contributed by atoms with E-state index in [1.807, 2.05) is 0 Å². The van der Waals surface area contributed by atoms with E-state index in [1.165, 1.54) is 6.47 Å². The van der Waals surface area contributed by atoms with Crippen molar-refractivity contribution in [3.63, 3.8) is 0 Å². The van der Waals surface area contributed by atoms with Gasteiger partial charge in [0.1, 0.15) is 0 Å². The van der Waals surface area contributed by atoms with Gasteiger partial charge in [-0.25, -0.2) is 0 Å². The summed E-state index contributed by atoms with van der Waals surface area (Å²) in [6.07, 6.45) is 0. The summed E-state index contributed by atoms with van der Waals surface area (Å²) in [4.78, 5) is 9.06. The summed E-state index contributed by atoms with van der Waals surface area (Å²) >= 11 is 0. The summed E-state index contributed by atoms with van der Waals surface area (Å²) < 4.78 is 41.5. The Bertz CT molecular complexity index is 133. The second-order valence-corrected chi connectivity index (χ2v) is 0.516. The fourth-order valence-electron chi connectivity index (χ4n) is 0.0589. The third-order valence-corrected chi connectivity index (χ3v) is 0.203. The zero-order valence-electron chi connectivity index (χ0n) is 7.94. The molecule has 7 nitrogen and oxygen atoms in total. The van der Waals surface area contributed by atoms with E-state index in [2.05, 4.69) is 38.0 Å². The molecule has 8 heteroatoms. The van der Waals surface area contributed by atoms with Gasteiger partial charge in [-0.3, -0.25) is 0 Å². The fraction of sp³-hybridized carbons (Fsp3) is 0.250. The van der Waals surface area contributed by atoms with Crippen molar-refractivity contribution in [2.45, 2.75) is 6.92 Å². The summed E-state index contributed by atoms with van der Waals surface area (Å²) in [6.45, 7) is 25.9. The average Bonchev–Trinajstić information content (AvgIpc) is 2.42. The van der Waals surface area contributed by atoms with Gasteiger partial charge in [0.2, 0.25) is 0 Å². The minimum Gasteiger partial charge on any atom is 0 e. The van der Waals surface area contributed by atoms with E-state index in [0.29, 0.717) is 6.61 Å². The van der Waals surface area contributed by atoms with Crippen molar-refractivity contribution >= 4 is 6.47 Å². The zero-order valence-corrected chi connectivity index (χ0v) is 9.12. The van der Waals surface area contributed by atoms with Crippen LogP contribution in [0.4, 0.5) is 0 Å². The van der Waals surface area contributed by atoms with Crippen LogP contribution in [0, 0.1) is 33.3 Å². The third kappa shape index (κ3) is 3650. The molecule has 0 heterocycles. The number of hydrogen-bond acceptors (Lipinski definition) is 2. The van der Waals surface area contributed by atoms with Gasteiger partial charge in [-0.15, -0.1) is 0 Å². The Morgan fingerprint density at radius 2 is 1.06 bits per heavy atom. The molecule has 0 rings (SSSR count). The quantitative estimate of drug-likeness (QED) is 0.394. The summed E-state index contributed by atoms with van der Waals surface area (Å²) in [5.41, 5.74) is 0. The molecule has 0 spiro atoms. The Hall–Kier alpha value is -1.31. The molecule has 0 saturated heterocycles. The second-order valence-electron chi connectivity index (χ2n) is 0.516. The van der Waals surface area contributed by atoms with Gasteiger partial charge < -0.3 is 9.53 Å². The van der Waals surface area contributed by atoms with Gasteiger partial charge in [0.05, 0.1) is 0 Å². The van der Waals surface area contributed by atoms with Gasteiger partial charge in [0.15, 0.2) is 0 Å². The number of ether oxygens (including phenoxy) is 1. The molecule has 0 aromatic heterocycles. The molecule has 0 saturated carbocycles. The van der Waals surface area contributed by atoms with Crippen LogP contribution in [-0.4, -0.2) is 13.1 Å². The van der Waals surface area contributed by atoms with Crippen molar-refractivity contribution in [1.29, 1.82) is 0 Å². The maximum atomic E-state index is 9.06. The van der Waals surface area contributed by atoms with Gasteiger partial charge in [0.25, 0.3) is 0 Å². The van der Waals surface area contributed by atoms with Crippen molar-refractivity contribution < 1.29 is 49.9 Å². The maximum Gasteiger partial charge on any atom is 0 e. The SMILES string of the molecule is CCO[C-]=O.[C-]#[O+].[C-]#[O+].[C-]#[O+].[C-]#[O+].[C-]#[O+].[Mn]. The molecule has 87 valence electrons. The molecule has 0 bridgehead atoms. The molecule has 0 aliphatic heterocycles. The molecular formula is C8H5MnO7-. The molecule has 0 aromatic carbocycles. The summed E-state index contributed by atoms with van der Waals surface area (Å²) in [7, 11) is 0. The van der Waals surface area contributed by atoms with E-state index in [1.54, 1.807) is 6.92 Å². The fourth-order valence-corrected chi connectivity index (χ4v) is 0.0589. The minimum atomic E-state index is 0. The van der Waals surface area contributed by atoms with Crippen LogP contribution in [0.3, 0.4) is 0 Å². The van der Waals surface area contributed by atoms with Crippen LogP contribution < -0.4 is 0 Å². The topological polar surface area (TPSA) is 126 Å². The summed E-state index contributed by atoms with van der Waals surface area (Å²) in [6, 6.07) is 0. The van der Waals surface area contributed by atoms with Crippen LogP contribution in [-0.2, 0) is 49.9 Å². The molecule has 0 atom stereocenters. The number of rotatable bonds is 2. The van der Waals surface area contributed by atoms with Crippen LogP contribution in [0.2, 0.25) is 0 Å². The van der Waals surface area contributed by atoms with Gasteiger partial charge in [-0.1, -0.05) is 6.47 Å². The monoisotopic (exact) mass is 268 g/mol. The van der Waals surface area contributed by atoms with Crippen molar-refractivity contribution in [2.75, 3.05) is 6.61 Å². The normalized spacial score (nSPS) is 2.69. The van der Waals surface area contributed by atoms with Crippen LogP contribution >= 0.6 is 0 Å².